The van der Waals surface area contributed by atoms with Crippen molar-refractivity contribution in [3.8, 4) is 5.75 Å². The van der Waals surface area contributed by atoms with Crippen LogP contribution in [0, 0.1) is 0 Å². The summed E-state index contributed by atoms with van der Waals surface area (Å²) in [6.45, 7) is 4.43. The van der Waals surface area contributed by atoms with Gasteiger partial charge in [0.05, 0.1) is 25.9 Å². The van der Waals surface area contributed by atoms with Gasteiger partial charge in [0.2, 0.25) is 5.91 Å². The van der Waals surface area contributed by atoms with E-state index < -0.39 is 0 Å². The molecule has 0 aliphatic rings. The molecule has 0 heterocycles. The summed E-state index contributed by atoms with van der Waals surface area (Å²) in [4.78, 5) is 22.9. The largest absolute Gasteiger partial charge is 0.494 e. The fourth-order valence-corrected chi connectivity index (χ4v) is 2.36. The molecule has 1 atom stereocenters. The fraction of sp³-hybridized carbons (Fsp3) is 0.467. The van der Waals surface area contributed by atoms with Crippen LogP contribution in [-0.2, 0) is 14.3 Å². The number of amides is 1. The van der Waals surface area contributed by atoms with E-state index in [2.05, 4.69) is 10.1 Å². The van der Waals surface area contributed by atoms with Gasteiger partial charge in [-0.1, -0.05) is 6.92 Å². The number of ether oxygens (including phenoxy) is 2. The minimum atomic E-state index is -0.262. The Kier molecular flexibility index (Phi) is 7.68. The molecule has 0 aromatic heterocycles. The second kappa shape index (κ2) is 9.28. The van der Waals surface area contributed by atoms with Gasteiger partial charge in [-0.3, -0.25) is 9.59 Å². The molecule has 0 bridgehead atoms. The second-order valence-corrected chi connectivity index (χ2v) is 5.83. The molecule has 0 spiro atoms. The van der Waals surface area contributed by atoms with Crippen LogP contribution < -0.4 is 10.1 Å². The standard InChI is InChI=1S/C15H21NO4S/c1-4-20-13-7-5-12(6-8-13)16-14(17)10-21-11(2)9-15(18)19-3/h5-8,11H,4,9-10H2,1-3H3,(H,16,17). The summed E-state index contributed by atoms with van der Waals surface area (Å²) in [5, 5.41) is 2.85. The van der Waals surface area contributed by atoms with Crippen molar-refractivity contribution in [3.05, 3.63) is 24.3 Å². The molecular weight excluding hydrogens is 290 g/mol. The summed E-state index contributed by atoms with van der Waals surface area (Å²) in [5.74, 6) is 0.713. The van der Waals surface area contributed by atoms with E-state index in [9.17, 15) is 9.59 Å². The zero-order valence-corrected chi connectivity index (χ0v) is 13.4. The first-order valence-corrected chi connectivity index (χ1v) is 7.81. The van der Waals surface area contributed by atoms with Gasteiger partial charge < -0.3 is 14.8 Å². The molecule has 5 nitrogen and oxygen atoms in total. The molecular formula is C15H21NO4S. The molecule has 1 aromatic carbocycles. The molecule has 0 fully saturated rings. The molecule has 21 heavy (non-hydrogen) atoms. The summed E-state index contributed by atoms with van der Waals surface area (Å²) in [6, 6.07) is 7.22. The summed E-state index contributed by atoms with van der Waals surface area (Å²) in [5.41, 5.74) is 0.727. The number of benzene rings is 1. The first-order valence-electron chi connectivity index (χ1n) is 6.76. The van der Waals surface area contributed by atoms with Crippen molar-refractivity contribution in [2.24, 2.45) is 0 Å². The van der Waals surface area contributed by atoms with Crippen molar-refractivity contribution in [1.82, 2.24) is 0 Å². The highest BCUT2D eigenvalue weighted by Crippen LogP contribution is 2.17. The average molecular weight is 311 g/mol. The minimum absolute atomic E-state index is 0.0449. The number of methoxy groups -OCH3 is 1. The maximum absolute atomic E-state index is 11.8. The third-order valence-electron chi connectivity index (χ3n) is 2.63. The Morgan fingerprint density at radius 3 is 2.52 bits per heavy atom. The molecule has 1 N–H and O–H groups in total. The number of hydrogen-bond acceptors (Lipinski definition) is 5. The Labute approximate surface area is 129 Å². The van der Waals surface area contributed by atoms with Crippen LogP contribution in [0.5, 0.6) is 5.75 Å². The number of carbonyl (C=O) groups is 2. The molecule has 6 heteroatoms. The van der Waals surface area contributed by atoms with Crippen molar-refractivity contribution >= 4 is 29.3 Å². The van der Waals surface area contributed by atoms with Gasteiger partial charge in [-0.25, -0.2) is 0 Å². The van der Waals surface area contributed by atoms with E-state index in [0.717, 1.165) is 11.4 Å². The predicted octanol–water partition coefficient (Wildman–Crippen LogP) is 2.71. The summed E-state index contributed by atoms with van der Waals surface area (Å²) >= 11 is 1.42. The van der Waals surface area contributed by atoms with Gasteiger partial charge in [-0.05, 0) is 31.2 Å². The minimum Gasteiger partial charge on any atom is -0.494 e. The predicted molar refractivity (Wildman–Crippen MR) is 84.8 cm³/mol. The van der Waals surface area contributed by atoms with Crippen LogP contribution in [0.2, 0.25) is 0 Å². The second-order valence-electron chi connectivity index (χ2n) is 4.41. The van der Waals surface area contributed by atoms with Crippen molar-refractivity contribution < 1.29 is 19.1 Å². The molecule has 116 valence electrons. The van der Waals surface area contributed by atoms with Crippen LogP contribution in [0.25, 0.3) is 0 Å². The van der Waals surface area contributed by atoms with Gasteiger partial charge in [0.25, 0.3) is 0 Å². The van der Waals surface area contributed by atoms with Crippen molar-refractivity contribution in [2.45, 2.75) is 25.5 Å². The molecule has 0 aliphatic carbocycles. The summed E-state index contributed by atoms with van der Waals surface area (Å²) < 4.78 is 9.92. The first kappa shape index (κ1) is 17.4. The molecule has 0 radical (unpaired) electrons. The van der Waals surface area contributed by atoms with E-state index in [1.54, 1.807) is 12.1 Å². The highest BCUT2D eigenvalue weighted by Gasteiger charge is 2.12. The molecule has 1 aromatic rings. The smallest absolute Gasteiger partial charge is 0.306 e. The van der Waals surface area contributed by atoms with Gasteiger partial charge in [0.1, 0.15) is 5.75 Å². The Bertz CT molecular complexity index is 461. The molecule has 1 unspecified atom stereocenters. The topological polar surface area (TPSA) is 64.6 Å². The van der Waals surface area contributed by atoms with E-state index in [4.69, 9.17) is 4.74 Å². The maximum Gasteiger partial charge on any atom is 0.306 e. The third-order valence-corrected chi connectivity index (χ3v) is 3.79. The number of carbonyl (C=O) groups excluding carboxylic acids is 2. The molecule has 1 amide bonds. The van der Waals surface area contributed by atoms with Gasteiger partial charge in [-0.15, -0.1) is 11.8 Å². The van der Waals surface area contributed by atoms with Crippen molar-refractivity contribution in [3.63, 3.8) is 0 Å². The van der Waals surface area contributed by atoms with Gasteiger partial charge in [0, 0.05) is 10.9 Å². The Balaban J connectivity index is 2.34. The quantitative estimate of drug-likeness (QED) is 0.748. The van der Waals surface area contributed by atoms with Crippen LogP contribution >= 0.6 is 11.8 Å². The Morgan fingerprint density at radius 1 is 1.29 bits per heavy atom. The molecule has 0 aliphatic heterocycles. The number of rotatable bonds is 8. The van der Waals surface area contributed by atoms with E-state index in [-0.39, 0.29) is 17.1 Å². The SMILES string of the molecule is CCOc1ccc(NC(=O)CSC(C)CC(=O)OC)cc1. The zero-order valence-electron chi connectivity index (χ0n) is 12.5. The van der Waals surface area contributed by atoms with E-state index in [0.29, 0.717) is 18.8 Å². The van der Waals surface area contributed by atoms with Crippen LogP contribution in [0.3, 0.4) is 0 Å². The van der Waals surface area contributed by atoms with Crippen LogP contribution in [0.1, 0.15) is 20.3 Å². The highest BCUT2D eigenvalue weighted by molar-refractivity contribution is 8.00. The van der Waals surface area contributed by atoms with Gasteiger partial charge in [-0.2, -0.15) is 0 Å². The maximum atomic E-state index is 11.8. The lowest BCUT2D eigenvalue weighted by molar-refractivity contribution is -0.140. The zero-order chi connectivity index (χ0) is 15.7. The summed E-state index contributed by atoms with van der Waals surface area (Å²) in [6.07, 6.45) is 0.303. The fourth-order valence-electron chi connectivity index (χ4n) is 1.59. The van der Waals surface area contributed by atoms with E-state index in [1.807, 2.05) is 26.0 Å². The number of nitrogens with one attached hydrogen (secondary N) is 1. The highest BCUT2D eigenvalue weighted by atomic mass is 32.2. The molecule has 1 rings (SSSR count). The van der Waals surface area contributed by atoms with Crippen LogP contribution in [-0.4, -0.2) is 36.6 Å². The van der Waals surface area contributed by atoms with Gasteiger partial charge >= 0.3 is 5.97 Å². The summed E-state index contributed by atoms with van der Waals surface area (Å²) in [7, 11) is 1.36. The number of hydrogen-bond donors (Lipinski definition) is 1. The lowest BCUT2D eigenvalue weighted by Gasteiger charge is -2.10. The molecule has 0 saturated heterocycles. The number of thioether (sulfide) groups is 1. The van der Waals surface area contributed by atoms with Gasteiger partial charge in [0.15, 0.2) is 0 Å². The van der Waals surface area contributed by atoms with Crippen molar-refractivity contribution in [2.75, 3.05) is 24.8 Å². The monoisotopic (exact) mass is 311 g/mol. The molecule has 0 saturated carbocycles. The first-order chi connectivity index (χ1) is 10.0. The van der Waals surface area contributed by atoms with E-state index in [1.165, 1.54) is 18.9 Å². The van der Waals surface area contributed by atoms with Crippen molar-refractivity contribution in [1.29, 1.82) is 0 Å². The number of anilines is 1. The normalized spacial score (nSPS) is 11.6. The van der Waals surface area contributed by atoms with Crippen LogP contribution in [0.4, 0.5) is 5.69 Å². The third kappa shape index (κ3) is 7.04. The van der Waals surface area contributed by atoms with E-state index >= 15 is 0 Å². The Morgan fingerprint density at radius 2 is 1.95 bits per heavy atom. The lowest BCUT2D eigenvalue weighted by atomic mass is 10.3. The average Bonchev–Trinajstić information content (AvgIpc) is 2.47. The Hall–Kier alpha value is -1.69. The number of esters is 1. The van der Waals surface area contributed by atoms with Crippen LogP contribution in [0.15, 0.2) is 24.3 Å². The lowest BCUT2D eigenvalue weighted by Crippen LogP contribution is -2.17.